The number of nitrogens with one attached hydrogen (secondary N) is 2. The van der Waals surface area contributed by atoms with E-state index in [1.807, 2.05) is 50.2 Å². The number of cyclic esters (lactones) is 1. The molecule has 1 aliphatic rings. The number of likely N-dealkylation sites (N-methyl/N-ethyl adjacent to an activating group) is 1. The molecule has 1 aliphatic heterocycles. The maximum Gasteiger partial charge on any atom is 0.411 e. The Kier molecular flexibility index (Phi) is 8.61. The molecule has 9 nitrogen and oxygen atoms in total. The van der Waals surface area contributed by atoms with E-state index in [1.165, 1.54) is 12.0 Å². The van der Waals surface area contributed by atoms with Gasteiger partial charge in [-0.1, -0.05) is 42.0 Å². The molecule has 2 aromatic rings. The molecular formula is C25H32N4O5. The first kappa shape index (κ1) is 25.2. The van der Waals surface area contributed by atoms with Crippen molar-refractivity contribution in [3.05, 3.63) is 65.2 Å². The maximum atomic E-state index is 13.2. The monoisotopic (exact) mass is 468 g/mol. The van der Waals surface area contributed by atoms with Gasteiger partial charge in [0.25, 0.3) is 0 Å². The molecule has 0 aromatic heterocycles. The van der Waals surface area contributed by atoms with Gasteiger partial charge in [-0.15, -0.1) is 0 Å². The highest BCUT2D eigenvalue weighted by Crippen LogP contribution is 2.34. The number of hydrogen-bond acceptors (Lipinski definition) is 6. The van der Waals surface area contributed by atoms with E-state index in [9.17, 15) is 14.4 Å². The molecule has 0 saturated carbocycles. The number of aryl methyl sites for hydroxylation is 1. The van der Waals surface area contributed by atoms with Gasteiger partial charge in [0.15, 0.2) is 12.1 Å². The van der Waals surface area contributed by atoms with Gasteiger partial charge in [0.2, 0.25) is 11.8 Å². The SMILES string of the molecule is COCC(=O)Nc1ccc(C2OC(=O)N(Cc3ccc(C)cc3)C2C(=O)NCCN(C)C)cc1. The summed E-state index contributed by atoms with van der Waals surface area (Å²) < 4.78 is 10.5. The van der Waals surface area contributed by atoms with Crippen LogP contribution in [0.1, 0.15) is 22.8 Å². The van der Waals surface area contributed by atoms with Gasteiger partial charge in [-0.3, -0.25) is 14.5 Å². The van der Waals surface area contributed by atoms with Crippen LogP contribution in [0.4, 0.5) is 10.5 Å². The number of amides is 3. The Morgan fingerprint density at radius 2 is 1.76 bits per heavy atom. The average Bonchev–Trinajstić information content (AvgIpc) is 3.11. The molecule has 3 amide bonds. The zero-order chi connectivity index (χ0) is 24.7. The van der Waals surface area contributed by atoms with E-state index in [1.54, 1.807) is 24.3 Å². The van der Waals surface area contributed by atoms with Gasteiger partial charge in [-0.25, -0.2) is 4.79 Å². The van der Waals surface area contributed by atoms with Crippen molar-refractivity contribution < 1.29 is 23.9 Å². The second-order valence-corrected chi connectivity index (χ2v) is 8.56. The van der Waals surface area contributed by atoms with Crippen LogP contribution >= 0.6 is 0 Å². The molecule has 2 atom stereocenters. The predicted molar refractivity (Wildman–Crippen MR) is 128 cm³/mol. The Bertz CT molecular complexity index is 991. The first-order chi connectivity index (χ1) is 16.3. The molecule has 1 fully saturated rings. The van der Waals surface area contributed by atoms with Crippen molar-refractivity contribution in [1.82, 2.24) is 15.1 Å². The minimum Gasteiger partial charge on any atom is -0.438 e. The average molecular weight is 469 g/mol. The number of methoxy groups -OCH3 is 1. The Hall–Kier alpha value is -3.43. The Labute approximate surface area is 200 Å². The van der Waals surface area contributed by atoms with Crippen LogP contribution in [0, 0.1) is 6.92 Å². The number of rotatable bonds is 10. The Morgan fingerprint density at radius 1 is 1.09 bits per heavy atom. The van der Waals surface area contributed by atoms with Crippen LogP contribution in [0.15, 0.2) is 48.5 Å². The van der Waals surface area contributed by atoms with E-state index in [0.29, 0.717) is 24.3 Å². The lowest BCUT2D eigenvalue weighted by atomic mass is 10.00. The van der Waals surface area contributed by atoms with Gasteiger partial charge < -0.3 is 25.0 Å². The zero-order valence-electron chi connectivity index (χ0n) is 20.0. The molecule has 1 heterocycles. The number of nitrogens with zero attached hydrogens (tertiary/aromatic N) is 2. The van der Waals surface area contributed by atoms with Crippen LogP contribution in [0.5, 0.6) is 0 Å². The fourth-order valence-electron chi connectivity index (χ4n) is 3.69. The van der Waals surface area contributed by atoms with Crippen molar-refractivity contribution in [2.75, 3.05) is 46.2 Å². The predicted octanol–water partition coefficient (Wildman–Crippen LogP) is 2.32. The van der Waals surface area contributed by atoms with Crippen LogP contribution in [0.3, 0.4) is 0 Å². The molecule has 2 unspecified atom stereocenters. The lowest BCUT2D eigenvalue weighted by Crippen LogP contribution is -2.47. The van der Waals surface area contributed by atoms with E-state index in [4.69, 9.17) is 9.47 Å². The van der Waals surface area contributed by atoms with Crippen LogP contribution in [0.25, 0.3) is 0 Å². The van der Waals surface area contributed by atoms with Crippen molar-refractivity contribution in [3.8, 4) is 0 Å². The van der Waals surface area contributed by atoms with E-state index in [-0.39, 0.29) is 25.0 Å². The third-order valence-corrected chi connectivity index (χ3v) is 5.48. The molecule has 3 rings (SSSR count). The van der Waals surface area contributed by atoms with Crippen LogP contribution < -0.4 is 10.6 Å². The molecule has 0 spiro atoms. The number of carbonyl (C=O) groups excluding carboxylic acids is 3. The standard InChI is InChI=1S/C25H32N4O5/c1-17-5-7-18(8-6-17)15-29-22(24(31)26-13-14-28(2)3)23(34-25(29)32)19-9-11-20(12-10-19)27-21(30)16-33-4/h5-12,22-23H,13-16H2,1-4H3,(H,26,31)(H,27,30). The fraction of sp³-hybridized carbons (Fsp3) is 0.400. The van der Waals surface area contributed by atoms with Crippen molar-refractivity contribution >= 4 is 23.6 Å². The van der Waals surface area contributed by atoms with Crippen LogP contribution in [0.2, 0.25) is 0 Å². The third-order valence-electron chi connectivity index (χ3n) is 5.48. The summed E-state index contributed by atoms with van der Waals surface area (Å²) >= 11 is 0. The number of anilines is 1. The molecule has 0 bridgehead atoms. The molecule has 2 aromatic carbocycles. The number of benzene rings is 2. The van der Waals surface area contributed by atoms with Gasteiger partial charge in [-0.05, 0) is 44.3 Å². The van der Waals surface area contributed by atoms with E-state index in [2.05, 4.69) is 10.6 Å². The fourth-order valence-corrected chi connectivity index (χ4v) is 3.69. The molecular weight excluding hydrogens is 436 g/mol. The summed E-state index contributed by atoms with van der Waals surface area (Å²) in [7, 11) is 5.30. The summed E-state index contributed by atoms with van der Waals surface area (Å²) in [6.45, 7) is 3.32. The summed E-state index contributed by atoms with van der Waals surface area (Å²) in [6.07, 6.45) is -1.32. The van der Waals surface area contributed by atoms with Crippen molar-refractivity contribution in [1.29, 1.82) is 0 Å². The summed E-state index contributed by atoms with van der Waals surface area (Å²) in [5.41, 5.74) is 3.27. The van der Waals surface area contributed by atoms with Gasteiger partial charge in [-0.2, -0.15) is 0 Å². The highest BCUT2D eigenvalue weighted by atomic mass is 16.6. The smallest absolute Gasteiger partial charge is 0.411 e. The van der Waals surface area contributed by atoms with E-state index >= 15 is 0 Å². The molecule has 0 radical (unpaired) electrons. The minimum absolute atomic E-state index is 0.0504. The summed E-state index contributed by atoms with van der Waals surface area (Å²) in [6, 6.07) is 13.9. The second-order valence-electron chi connectivity index (χ2n) is 8.56. The van der Waals surface area contributed by atoms with Gasteiger partial charge in [0.1, 0.15) is 6.61 Å². The van der Waals surface area contributed by atoms with Gasteiger partial charge in [0.05, 0.1) is 6.54 Å². The first-order valence-corrected chi connectivity index (χ1v) is 11.1. The number of ether oxygens (including phenoxy) is 2. The maximum absolute atomic E-state index is 13.2. The molecule has 2 N–H and O–H groups in total. The molecule has 34 heavy (non-hydrogen) atoms. The topological polar surface area (TPSA) is 100 Å². The largest absolute Gasteiger partial charge is 0.438 e. The Balaban J connectivity index is 1.82. The second kappa shape index (κ2) is 11.6. The zero-order valence-corrected chi connectivity index (χ0v) is 20.0. The minimum atomic E-state index is -0.829. The number of hydrogen-bond donors (Lipinski definition) is 2. The molecule has 1 saturated heterocycles. The third kappa shape index (κ3) is 6.55. The molecule has 182 valence electrons. The first-order valence-electron chi connectivity index (χ1n) is 11.1. The van der Waals surface area contributed by atoms with Gasteiger partial charge in [0, 0.05) is 25.9 Å². The highest BCUT2D eigenvalue weighted by molar-refractivity contribution is 5.92. The number of carbonyl (C=O) groups is 3. The van der Waals surface area contributed by atoms with E-state index in [0.717, 1.165) is 11.1 Å². The lowest BCUT2D eigenvalue weighted by Gasteiger charge is -2.24. The molecule has 0 aliphatic carbocycles. The van der Waals surface area contributed by atoms with Crippen LogP contribution in [-0.2, 0) is 25.6 Å². The van der Waals surface area contributed by atoms with Crippen molar-refractivity contribution in [2.24, 2.45) is 0 Å². The summed E-state index contributed by atoms with van der Waals surface area (Å²) in [4.78, 5) is 41.3. The lowest BCUT2D eigenvalue weighted by molar-refractivity contribution is -0.126. The summed E-state index contributed by atoms with van der Waals surface area (Å²) in [5, 5.41) is 5.65. The molecule has 9 heteroatoms. The highest BCUT2D eigenvalue weighted by Gasteiger charge is 2.46. The Morgan fingerprint density at radius 3 is 2.38 bits per heavy atom. The van der Waals surface area contributed by atoms with E-state index < -0.39 is 18.2 Å². The van der Waals surface area contributed by atoms with Gasteiger partial charge >= 0.3 is 6.09 Å². The summed E-state index contributed by atoms with van der Waals surface area (Å²) in [5.74, 6) is -0.549. The quantitative estimate of drug-likeness (QED) is 0.555. The van der Waals surface area contributed by atoms with Crippen LogP contribution in [-0.4, -0.2) is 74.7 Å². The van der Waals surface area contributed by atoms with Crippen molar-refractivity contribution in [3.63, 3.8) is 0 Å². The normalized spacial score (nSPS) is 17.6. The van der Waals surface area contributed by atoms with Crippen molar-refractivity contribution in [2.45, 2.75) is 25.6 Å².